The van der Waals surface area contributed by atoms with Crippen LogP contribution in [0.25, 0.3) is 0 Å². The number of rotatable bonds is 5. The first-order valence-corrected chi connectivity index (χ1v) is 9.04. The van der Waals surface area contributed by atoms with E-state index >= 15 is 0 Å². The van der Waals surface area contributed by atoms with Crippen molar-refractivity contribution in [3.63, 3.8) is 0 Å². The van der Waals surface area contributed by atoms with Crippen LogP contribution < -0.4 is 5.32 Å². The van der Waals surface area contributed by atoms with Crippen molar-refractivity contribution in [3.05, 3.63) is 65.0 Å². The normalized spacial score (nSPS) is 18.1. The van der Waals surface area contributed by atoms with Crippen LogP contribution in [0, 0.1) is 6.92 Å². The number of carbonyl (C=O) groups is 1. The molecular formula is C20H22F3N3O2. The number of pyridine rings is 1. The van der Waals surface area contributed by atoms with Gasteiger partial charge in [0.2, 0.25) is 0 Å². The number of aryl methyl sites for hydroxylation is 1. The molecule has 5 nitrogen and oxygen atoms in total. The molecule has 28 heavy (non-hydrogen) atoms. The summed E-state index contributed by atoms with van der Waals surface area (Å²) in [5, 5.41) is 2.74. The third-order valence-electron chi connectivity index (χ3n) is 4.58. The van der Waals surface area contributed by atoms with Crippen molar-refractivity contribution in [1.29, 1.82) is 0 Å². The van der Waals surface area contributed by atoms with E-state index in [2.05, 4.69) is 27.3 Å². The number of halogens is 3. The minimum atomic E-state index is -4.53. The maximum absolute atomic E-state index is 12.7. The van der Waals surface area contributed by atoms with Crippen molar-refractivity contribution >= 4 is 5.91 Å². The number of hydrogen-bond donors (Lipinski definition) is 1. The van der Waals surface area contributed by atoms with E-state index in [1.807, 2.05) is 18.2 Å². The van der Waals surface area contributed by atoms with Crippen LogP contribution in [0.2, 0.25) is 0 Å². The van der Waals surface area contributed by atoms with Crippen LogP contribution in [-0.4, -0.2) is 48.1 Å². The summed E-state index contributed by atoms with van der Waals surface area (Å²) in [4.78, 5) is 18.1. The Bertz CT molecular complexity index is 812. The first-order valence-electron chi connectivity index (χ1n) is 9.04. The van der Waals surface area contributed by atoms with Gasteiger partial charge in [-0.3, -0.25) is 9.69 Å². The molecule has 0 bridgehead atoms. The van der Waals surface area contributed by atoms with Gasteiger partial charge in [-0.1, -0.05) is 30.3 Å². The average molecular weight is 393 g/mol. The first kappa shape index (κ1) is 20.3. The van der Waals surface area contributed by atoms with Crippen LogP contribution in [0.3, 0.4) is 0 Å². The zero-order valence-electron chi connectivity index (χ0n) is 15.5. The van der Waals surface area contributed by atoms with Gasteiger partial charge in [0.25, 0.3) is 5.91 Å². The van der Waals surface area contributed by atoms with Gasteiger partial charge in [-0.2, -0.15) is 13.2 Å². The predicted octanol–water partition coefficient (Wildman–Crippen LogP) is 3.04. The number of aromatic nitrogens is 1. The third kappa shape index (κ3) is 5.30. The molecule has 2 heterocycles. The van der Waals surface area contributed by atoms with Crippen LogP contribution in [0.1, 0.15) is 27.3 Å². The maximum atomic E-state index is 12.7. The number of alkyl halides is 3. The smallest absolute Gasteiger partial charge is 0.374 e. The van der Waals surface area contributed by atoms with Gasteiger partial charge in [-0.15, -0.1) is 0 Å². The average Bonchev–Trinajstić information content (AvgIpc) is 2.66. The summed E-state index contributed by atoms with van der Waals surface area (Å²) in [5.41, 5.74) is 0.375. The molecule has 3 rings (SSSR count). The second-order valence-corrected chi connectivity index (χ2v) is 6.75. The number of benzene rings is 1. The topological polar surface area (TPSA) is 54.5 Å². The molecule has 0 saturated carbocycles. The Labute approximate surface area is 161 Å². The van der Waals surface area contributed by atoms with E-state index in [0.29, 0.717) is 13.2 Å². The largest absolute Gasteiger partial charge is 0.433 e. The zero-order valence-corrected chi connectivity index (χ0v) is 15.5. The minimum absolute atomic E-state index is 0.0441. The Hall–Kier alpha value is -2.45. The standard InChI is InChI=1S/C20H22F3N3O2/c1-14-17(7-8-18(25-14)20(21,22)23)19(27)24-11-16-13-26(9-10-28-16)12-15-5-3-2-4-6-15/h2-8,16H,9-13H2,1H3,(H,24,27). The van der Waals surface area contributed by atoms with Gasteiger partial charge in [0, 0.05) is 26.2 Å². The molecule has 1 atom stereocenters. The SMILES string of the molecule is Cc1nc(C(F)(F)F)ccc1C(=O)NCC1CN(Cc2ccccc2)CCO1. The van der Waals surface area contributed by atoms with Crippen LogP contribution >= 0.6 is 0 Å². The van der Waals surface area contributed by atoms with E-state index in [4.69, 9.17) is 4.74 Å². The molecule has 1 fully saturated rings. The lowest BCUT2D eigenvalue weighted by Gasteiger charge is -2.33. The second kappa shape index (κ2) is 8.70. The van der Waals surface area contributed by atoms with Gasteiger partial charge in [-0.05, 0) is 24.6 Å². The maximum Gasteiger partial charge on any atom is 0.433 e. The van der Waals surface area contributed by atoms with Crippen molar-refractivity contribution in [2.75, 3.05) is 26.2 Å². The summed E-state index contributed by atoms with van der Waals surface area (Å²) < 4.78 is 43.8. The molecule has 1 N–H and O–H groups in total. The second-order valence-electron chi connectivity index (χ2n) is 6.75. The lowest BCUT2D eigenvalue weighted by Crippen LogP contribution is -2.47. The zero-order chi connectivity index (χ0) is 20.1. The first-order chi connectivity index (χ1) is 13.3. The molecule has 0 spiro atoms. The number of carbonyl (C=O) groups excluding carboxylic acids is 1. The molecule has 1 aliphatic heterocycles. The fourth-order valence-electron chi connectivity index (χ4n) is 3.15. The fourth-order valence-corrected chi connectivity index (χ4v) is 3.15. The van der Waals surface area contributed by atoms with Gasteiger partial charge in [0.15, 0.2) is 0 Å². The van der Waals surface area contributed by atoms with Gasteiger partial charge in [0.1, 0.15) is 5.69 Å². The van der Waals surface area contributed by atoms with Crippen LogP contribution in [0.4, 0.5) is 13.2 Å². The molecule has 8 heteroatoms. The number of ether oxygens (including phenoxy) is 1. The molecule has 2 aromatic rings. The molecule has 1 unspecified atom stereocenters. The van der Waals surface area contributed by atoms with Gasteiger partial charge >= 0.3 is 6.18 Å². The molecule has 1 aliphatic rings. The summed E-state index contributed by atoms with van der Waals surface area (Å²) in [6.45, 7) is 4.51. The number of nitrogens with one attached hydrogen (secondary N) is 1. The summed E-state index contributed by atoms with van der Waals surface area (Å²) >= 11 is 0. The van der Waals surface area contributed by atoms with E-state index in [9.17, 15) is 18.0 Å². The van der Waals surface area contributed by atoms with E-state index in [-0.39, 0.29) is 23.9 Å². The minimum Gasteiger partial charge on any atom is -0.374 e. The van der Waals surface area contributed by atoms with E-state index in [0.717, 1.165) is 25.2 Å². The third-order valence-corrected chi connectivity index (χ3v) is 4.58. The van der Waals surface area contributed by atoms with E-state index in [1.165, 1.54) is 12.5 Å². The van der Waals surface area contributed by atoms with Gasteiger partial charge < -0.3 is 10.1 Å². The highest BCUT2D eigenvalue weighted by Crippen LogP contribution is 2.28. The van der Waals surface area contributed by atoms with Crippen molar-refractivity contribution < 1.29 is 22.7 Å². The highest BCUT2D eigenvalue weighted by atomic mass is 19.4. The summed E-state index contributed by atoms with van der Waals surface area (Å²) in [6, 6.07) is 12.1. The Kier molecular flexibility index (Phi) is 6.31. The highest BCUT2D eigenvalue weighted by Gasteiger charge is 2.33. The number of amides is 1. The number of nitrogens with zero attached hydrogens (tertiary/aromatic N) is 2. The Balaban J connectivity index is 1.54. The summed E-state index contributed by atoms with van der Waals surface area (Å²) in [5.74, 6) is -0.456. The van der Waals surface area contributed by atoms with E-state index < -0.39 is 17.8 Å². The summed E-state index contributed by atoms with van der Waals surface area (Å²) in [6.07, 6.45) is -4.71. The van der Waals surface area contributed by atoms with Gasteiger partial charge in [-0.25, -0.2) is 4.98 Å². The molecule has 150 valence electrons. The number of morpholine rings is 1. The van der Waals surface area contributed by atoms with Crippen molar-refractivity contribution in [3.8, 4) is 0 Å². The summed E-state index contributed by atoms with van der Waals surface area (Å²) in [7, 11) is 0. The van der Waals surface area contributed by atoms with Gasteiger partial charge in [0.05, 0.1) is 24.0 Å². The molecule has 0 aliphatic carbocycles. The fraction of sp³-hybridized carbons (Fsp3) is 0.400. The highest BCUT2D eigenvalue weighted by molar-refractivity contribution is 5.95. The lowest BCUT2D eigenvalue weighted by atomic mass is 10.1. The monoisotopic (exact) mass is 393 g/mol. The van der Waals surface area contributed by atoms with Crippen molar-refractivity contribution in [1.82, 2.24) is 15.2 Å². The molecule has 1 aromatic carbocycles. The Morgan fingerprint density at radius 3 is 2.68 bits per heavy atom. The molecule has 0 radical (unpaired) electrons. The quantitative estimate of drug-likeness (QED) is 0.849. The van der Waals surface area contributed by atoms with Crippen LogP contribution in [-0.2, 0) is 17.5 Å². The molecule has 1 amide bonds. The predicted molar refractivity (Wildman–Crippen MR) is 97.8 cm³/mol. The van der Waals surface area contributed by atoms with E-state index in [1.54, 1.807) is 0 Å². The number of hydrogen-bond acceptors (Lipinski definition) is 4. The van der Waals surface area contributed by atoms with Crippen molar-refractivity contribution in [2.24, 2.45) is 0 Å². The lowest BCUT2D eigenvalue weighted by molar-refractivity contribution is -0.141. The van der Waals surface area contributed by atoms with Crippen LogP contribution in [0.15, 0.2) is 42.5 Å². The molecular weight excluding hydrogens is 371 g/mol. The Morgan fingerprint density at radius 1 is 1.25 bits per heavy atom. The van der Waals surface area contributed by atoms with Crippen LogP contribution in [0.5, 0.6) is 0 Å². The molecule has 1 saturated heterocycles. The Morgan fingerprint density at radius 2 is 2.00 bits per heavy atom. The molecule has 1 aromatic heterocycles. The van der Waals surface area contributed by atoms with Crippen molar-refractivity contribution in [2.45, 2.75) is 25.7 Å².